The summed E-state index contributed by atoms with van der Waals surface area (Å²) in [5, 5.41) is 3.18. The maximum absolute atomic E-state index is 5.44. The molecule has 2 aromatic carbocycles. The van der Waals surface area contributed by atoms with Gasteiger partial charge in [-0.25, -0.2) is 0 Å². The molecule has 0 atom stereocenters. The van der Waals surface area contributed by atoms with Crippen molar-refractivity contribution in [3.8, 4) is 11.5 Å². The summed E-state index contributed by atoms with van der Waals surface area (Å²) in [4.78, 5) is 0.570. The molecule has 0 bridgehead atoms. The molecule has 0 saturated heterocycles. The van der Waals surface area contributed by atoms with Crippen LogP contribution in [0.4, 0.5) is 5.69 Å². The molecule has 0 fully saturated rings. The van der Waals surface area contributed by atoms with Crippen LogP contribution in [0.5, 0.6) is 11.5 Å². The molecule has 2 aromatic rings. The van der Waals surface area contributed by atoms with E-state index >= 15 is 0 Å². The predicted octanol–water partition coefficient (Wildman–Crippen LogP) is 3.49. The van der Waals surface area contributed by atoms with E-state index in [1.165, 1.54) is 0 Å². The van der Waals surface area contributed by atoms with E-state index in [0.29, 0.717) is 16.5 Å². The minimum Gasteiger partial charge on any atom is -0.496 e. The number of hydrogen-bond acceptors (Lipinski definition) is 3. The van der Waals surface area contributed by atoms with Crippen LogP contribution >= 0.6 is 12.2 Å². The van der Waals surface area contributed by atoms with Gasteiger partial charge in [0.2, 0.25) is 0 Å². The van der Waals surface area contributed by atoms with Crippen LogP contribution in [0.3, 0.4) is 0 Å². The lowest BCUT2D eigenvalue weighted by molar-refractivity contribution is 0.393. The van der Waals surface area contributed by atoms with Crippen LogP contribution in [0.15, 0.2) is 48.5 Å². The fourth-order valence-electron chi connectivity index (χ4n) is 1.79. The number of nitrogens with one attached hydrogen (secondary N) is 1. The van der Waals surface area contributed by atoms with Crippen LogP contribution in [-0.2, 0) is 0 Å². The Bertz CT molecular complexity index is 547. The van der Waals surface area contributed by atoms with Crippen LogP contribution in [0, 0.1) is 0 Å². The van der Waals surface area contributed by atoms with E-state index in [0.717, 1.165) is 11.3 Å². The summed E-state index contributed by atoms with van der Waals surface area (Å²) in [6, 6.07) is 15.3. The highest BCUT2D eigenvalue weighted by Crippen LogP contribution is 2.29. The van der Waals surface area contributed by atoms with Gasteiger partial charge in [0, 0.05) is 5.69 Å². The Balaban J connectivity index is 2.33. The lowest BCUT2D eigenvalue weighted by atomic mass is 10.1. The highest BCUT2D eigenvalue weighted by Gasteiger charge is 2.14. The van der Waals surface area contributed by atoms with E-state index in [2.05, 4.69) is 5.32 Å². The van der Waals surface area contributed by atoms with E-state index in [4.69, 9.17) is 21.7 Å². The molecule has 19 heavy (non-hydrogen) atoms. The Labute approximate surface area is 118 Å². The van der Waals surface area contributed by atoms with Crippen molar-refractivity contribution < 1.29 is 9.47 Å². The Morgan fingerprint density at radius 3 is 2.00 bits per heavy atom. The molecule has 0 aliphatic carbocycles. The van der Waals surface area contributed by atoms with Crippen molar-refractivity contribution in [2.45, 2.75) is 0 Å². The molecule has 0 spiro atoms. The predicted molar refractivity (Wildman–Crippen MR) is 81.3 cm³/mol. The first-order valence-corrected chi connectivity index (χ1v) is 6.24. The molecule has 0 radical (unpaired) electrons. The highest BCUT2D eigenvalue weighted by atomic mass is 32.1. The smallest absolute Gasteiger partial charge is 0.132 e. The number of rotatable bonds is 4. The second-order valence-corrected chi connectivity index (χ2v) is 4.27. The van der Waals surface area contributed by atoms with Crippen LogP contribution in [0.1, 0.15) is 5.56 Å². The van der Waals surface area contributed by atoms with Crippen LogP contribution < -0.4 is 14.8 Å². The zero-order chi connectivity index (χ0) is 13.7. The Morgan fingerprint density at radius 2 is 1.47 bits per heavy atom. The average Bonchev–Trinajstić information content (AvgIpc) is 2.47. The first kappa shape index (κ1) is 13.4. The number of ether oxygens (including phenoxy) is 2. The summed E-state index contributed by atoms with van der Waals surface area (Å²) in [5.41, 5.74) is 1.69. The van der Waals surface area contributed by atoms with Gasteiger partial charge in [0.25, 0.3) is 0 Å². The molecule has 0 aromatic heterocycles. The minimum atomic E-state index is 0.570. The van der Waals surface area contributed by atoms with E-state index in [9.17, 15) is 0 Å². The van der Waals surface area contributed by atoms with Crippen LogP contribution in [0.25, 0.3) is 0 Å². The quantitative estimate of drug-likeness (QED) is 0.864. The maximum Gasteiger partial charge on any atom is 0.132 e. The third-order valence-corrected chi connectivity index (χ3v) is 2.99. The normalized spacial score (nSPS) is 9.79. The molecule has 0 aliphatic rings. The highest BCUT2D eigenvalue weighted by molar-refractivity contribution is 7.81. The summed E-state index contributed by atoms with van der Waals surface area (Å²) in [7, 11) is 3.23. The lowest BCUT2D eigenvalue weighted by Gasteiger charge is -2.15. The molecule has 4 heteroatoms. The van der Waals surface area contributed by atoms with Gasteiger partial charge in [-0.2, -0.15) is 0 Å². The summed E-state index contributed by atoms with van der Waals surface area (Å²) < 4.78 is 10.7. The topological polar surface area (TPSA) is 30.5 Å². The summed E-state index contributed by atoms with van der Waals surface area (Å²) in [6.07, 6.45) is 0. The van der Waals surface area contributed by atoms with Crippen LogP contribution in [-0.4, -0.2) is 19.2 Å². The molecule has 3 nitrogen and oxygen atoms in total. The van der Waals surface area contributed by atoms with Gasteiger partial charge in [0.1, 0.15) is 16.5 Å². The zero-order valence-electron chi connectivity index (χ0n) is 10.8. The zero-order valence-corrected chi connectivity index (χ0v) is 11.7. The van der Waals surface area contributed by atoms with Crippen molar-refractivity contribution in [1.82, 2.24) is 0 Å². The Kier molecular flexibility index (Phi) is 4.36. The summed E-state index contributed by atoms with van der Waals surface area (Å²) in [6.45, 7) is 0. The number of anilines is 1. The summed E-state index contributed by atoms with van der Waals surface area (Å²) in [5.74, 6) is 1.38. The molecular formula is C15H15NO2S. The number of hydrogen-bond donors (Lipinski definition) is 1. The molecule has 0 saturated carbocycles. The van der Waals surface area contributed by atoms with Crippen molar-refractivity contribution in [2.75, 3.05) is 19.5 Å². The number of thiocarbonyl (C=S) groups is 1. The fraction of sp³-hybridized carbons (Fsp3) is 0.133. The maximum atomic E-state index is 5.44. The molecule has 1 N–H and O–H groups in total. The summed E-state index contributed by atoms with van der Waals surface area (Å²) >= 11 is 5.44. The third-order valence-electron chi connectivity index (χ3n) is 2.69. The SMILES string of the molecule is COc1cccc(OC)c1C(=S)Nc1ccccc1. The van der Waals surface area contributed by atoms with Gasteiger partial charge in [-0.05, 0) is 24.3 Å². The Morgan fingerprint density at radius 1 is 0.895 bits per heavy atom. The van der Waals surface area contributed by atoms with Gasteiger partial charge in [-0.3, -0.25) is 0 Å². The van der Waals surface area contributed by atoms with Gasteiger partial charge < -0.3 is 14.8 Å². The van der Waals surface area contributed by atoms with Crippen LogP contribution in [0.2, 0.25) is 0 Å². The largest absolute Gasteiger partial charge is 0.496 e. The van der Waals surface area contributed by atoms with Crippen molar-refractivity contribution in [3.05, 3.63) is 54.1 Å². The molecule has 0 heterocycles. The fourth-order valence-corrected chi connectivity index (χ4v) is 2.11. The molecule has 0 amide bonds. The van der Waals surface area contributed by atoms with Gasteiger partial charge >= 0.3 is 0 Å². The van der Waals surface area contributed by atoms with Crippen molar-refractivity contribution in [2.24, 2.45) is 0 Å². The first-order valence-electron chi connectivity index (χ1n) is 5.83. The monoisotopic (exact) mass is 273 g/mol. The lowest BCUT2D eigenvalue weighted by Crippen LogP contribution is -2.13. The Hall–Kier alpha value is -2.07. The number of para-hydroxylation sites is 1. The van der Waals surface area contributed by atoms with E-state index in [-0.39, 0.29) is 0 Å². The number of methoxy groups -OCH3 is 2. The van der Waals surface area contributed by atoms with E-state index in [1.54, 1.807) is 14.2 Å². The van der Waals surface area contributed by atoms with E-state index < -0.39 is 0 Å². The molecule has 0 unspecified atom stereocenters. The van der Waals surface area contributed by atoms with Crippen molar-refractivity contribution in [1.29, 1.82) is 0 Å². The van der Waals surface area contributed by atoms with Gasteiger partial charge in [-0.1, -0.05) is 36.5 Å². The molecule has 98 valence electrons. The molecule has 0 aliphatic heterocycles. The van der Waals surface area contributed by atoms with Gasteiger partial charge in [-0.15, -0.1) is 0 Å². The average molecular weight is 273 g/mol. The van der Waals surface area contributed by atoms with Gasteiger partial charge in [0.05, 0.1) is 19.8 Å². The second-order valence-electron chi connectivity index (χ2n) is 3.86. The molecular weight excluding hydrogens is 258 g/mol. The first-order chi connectivity index (χ1) is 9.26. The van der Waals surface area contributed by atoms with Gasteiger partial charge in [0.15, 0.2) is 0 Å². The van der Waals surface area contributed by atoms with Crippen molar-refractivity contribution >= 4 is 22.9 Å². The standard InChI is InChI=1S/C15H15NO2S/c1-17-12-9-6-10-13(18-2)14(12)15(19)16-11-7-4-3-5-8-11/h3-10H,1-2H3,(H,16,19). The molecule has 2 rings (SSSR count). The van der Waals surface area contributed by atoms with Crippen molar-refractivity contribution in [3.63, 3.8) is 0 Å². The minimum absolute atomic E-state index is 0.570. The second kappa shape index (κ2) is 6.20. The third kappa shape index (κ3) is 3.03. The number of benzene rings is 2. The van der Waals surface area contributed by atoms with E-state index in [1.807, 2.05) is 48.5 Å².